The monoisotopic (exact) mass is 436 g/mol. The van der Waals surface area contributed by atoms with Gasteiger partial charge in [0, 0.05) is 30.0 Å². The normalized spacial score (nSPS) is 27.4. The van der Waals surface area contributed by atoms with Crippen molar-refractivity contribution in [1.29, 1.82) is 0 Å². The van der Waals surface area contributed by atoms with E-state index < -0.39 is 10.0 Å². The Morgan fingerprint density at radius 1 is 1.08 bits per heavy atom. The molecule has 0 N–H and O–H groups in total. The number of fused-ring (bicyclic) bond motifs is 1. The maximum atomic E-state index is 13.4. The number of rotatable bonds is 3. The van der Waals surface area contributed by atoms with Crippen molar-refractivity contribution in [2.45, 2.75) is 23.4 Å². The summed E-state index contributed by atoms with van der Waals surface area (Å²) in [6, 6.07) is 16.5. The Morgan fingerprint density at radius 2 is 1.77 bits per heavy atom. The molecule has 5 nitrogen and oxygen atoms in total. The first kappa shape index (κ1) is 18.1. The minimum absolute atomic E-state index is 0.178. The van der Waals surface area contributed by atoms with Crippen LogP contribution in [0.25, 0.3) is 0 Å². The predicted molar refractivity (Wildman–Crippen MR) is 103 cm³/mol. The lowest BCUT2D eigenvalue weighted by Crippen LogP contribution is -2.49. The fraction of sp³-hybridized carbons (Fsp3) is 0.368. The molecule has 138 valence electrons. The third-order valence-electron chi connectivity index (χ3n) is 5.34. The molecule has 2 aromatic rings. The van der Waals surface area contributed by atoms with Crippen LogP contribution in [0.3, 0.4) is 0 Å². The van der Waals surface area contributed by atoms with Gasteiger partial charge in [-0.25, -0.2) is 8.42 Å². The summed E-state index contributed by atoms with van der Waals surface area (Å²) in [5, 5.41) is 1.89. The van der Waals surface area contributed by atoms with Crippen LogP contribution in [0.5, 0.6) is 0 Å². The van der Waals surface area contributed by atoms with E-state index in [-0.39, 0.29) is 18.0 Å². The van der Waals surface area contributed by atoms with Gasteiger partial charge in [-0.05, 0) is 30.2 Å². The number of hydrogen-bond acceptors (Lipinski definition) is 4. The summed E-state index contributed by atoms with van der Waals surface area (Å²) < 4.78 is 29.4. The third-order valence-corrected chi connectivity index (χ3v) is 7.96. The number of halogens is 1. The van der Waals surface area contributed by atoms with Crippen molar-refractivity contribution >= 4 is 26.0 Å². The van der Waals surface area contributed by atoms with E-state index in [0.29, 0.717) is 24.5 Å². The van der Waals surface area contributed by atoms with Gasteiger partial charge < -0.3 is 0 Å². The first-order chi connectivity index (χ1) is 12.5. The molecule has 7 heteroatoms. The van der Waals surface area contributed by atoms with Gasteiger partial charge in [0.2, 0.25) is 10.0 Å². The fourth-order valence-corrected chi connectivity index (χ4v) is 6.20. The molecular formula is C19H21BrN2O3S. The van der Waals surface area contributed by atoms with E-state index in [0.717, 1.165) is 10.0 Å². The molecule has 0 aliphatic carbocycles. The van der Waals surface area contributed by atoms with Crippen LogP contribution in [0.1, 0.15) is 18.0 Å². The van der Waals surface area contributed by atoms with Crippen molar-refractivity contribution in [1.82, 2.24) is 9.37 Å². The molecule has 0 radical (unpaired) electrons. The van der Waals surface area contributed by atoms with Crippen LogP contribution in [0.4, 0.5) is 0 Å². The molecule has 4 rings (SSSR count). The van der Waals surface area contributed by atoms with E-state index in [1.54, 1.807) is 28.6 Å². The van der Waals surface area contributed by atoms with Crippen molar-refractivity contribution in [3.63, 3.8) is 0 Å². The maximum Gasteiger partial charge on any atom is 0.243 e. The van der Waals surface area contributed by atoms with Gasteiger partial charge >= 0.3 is 0 Å². The summed E-state index contributed by atoms with van der Waals surface area (Å²) in [7, 11) is -1.66. The van der Waals surface area contributed by atoms with Crippen LogP contribution in [-0.2, 0) is 14.9 Å². The molecule has 0 saturated carbocycles. The molecule has 2 heterocycles. The first-order valence-corrected chi connectivity index (χ1v) is 10.9. The second-order valence-corrected chi connectivity index (χ2v) is 9.58. The number of hydrogen-bond donors (Lipinski definition) is 0. The van der Waals surface area contributed by atoms with Gasteiger partial charge in [0.25, 0.3) is 0 Å². The Hall–Kier alpha value is -1.25. The van der Waals surface area contributed by atoms with E-state index >= 15 is 0 Å². The number of piperidine rings is 1. The summed E-state index contributed by atoms with van der Waals surface area (Å²) in [6.45, 7) is 1.02. The van der Waals surface area contributed by atoms with E-state index in [2.05, 4.69) is 15.9 Å². The number of benzene rings is 2. The molecule has 0 unspecified atom stereocenters. The van der Waals surface area contributed by atoms with E-state index in [1.807, 2.05) is 42.4 Å². The SMILES string of the molecule is CN1OC[C@@H]2CN(S(=O)(=O)c3ccccc3)[C@H](c3ccccc3Br)C[C@@H]21. The largest absolute Gasteiger partial charge is 0.299 e. The van der Waals surface area contributed by atoms with E-state index in [4.69, 9.17) is 4.84 Å². The summed E-state index contributed by atoms with van der Waals surface area (Å²) in [4.78, 5) is 6.02. The van der Waals surface area contributed by atoms with Crippen molar-refractivity contribution < 1.29 is 13.3 Å². The predicted octanol–water partition coefficient (Wildman–Crippen LogP) is 3.45. The van der Waals surface area contributed by atoms with Crippen molar-refractivity contribution in [3.05, 3.63) is 64.6 Å². The first-order valence-electron chi connectivity index (χ1n) is 8.65. The molecule has 2 fully saturated rings. The lowest BCUT2D eigenvalue weighted by molar-refractivity contribution is -0.113. The number of sulfonamides is 1. The highest BCUT2D eigenvalue weighted by Gasteiger charge is 2.47. The number of hydroxylamine groups is 2. The lowest BCUT2D eigenvalue weighted by Gasteiger charge is -2.41. The topological polar surface area (TPSA) is 49.9 Å². The molecule has 2 aliphatic rings. The molecule has 2 saturated heterocycles. The summed E-state index contributed by atoms with van der Waals surface area (Å²) in [6.07, 6.45) is 0.704. The minimum atomic E-state index is -3.59. The molecule has 3 atom stereocenters. The van der Waals surface area contributed by atoms with Crippen LogP contribution < -0.4 is 0 Å². The Morgan fingerprint density at radius 3 is 2.50 bits per heavy atom. The van der Waals surface area contributed by atoms with Gasteiger partial charge in [0.1, 0.15) is 0 Å². The second-order valence-electron chi connectivity index (χ2n) is 6.83. The Kier molecular flexibility index (Phi) is 4.92. The van der Waals surface area contributed by atoms with Crippen molar-refractivity contribution in [2.75, 3.05) is 20.2 Å². The Bertz CT molecular complexity index is 891. The van der Waals surface area contributed by atoms with Crippen LogP contribution in [-0.4, -0.2) is 44.0 Å². The standard InChI is InChI=1S/C19H21BrN2O3S/c1-21-18-11-19(16-9-5-6-10-17(16)20)22(12-14(18)13-25-21)26(23,24)15-7-3-2-4-8-15/h2-10,14,18-19H,11-13H2,1H3/t14-,18-,19-/m0/s1. The zero-order chi connectivity index (χ0) is 18.3. The average molecular weight is 437 g/mol. The highest BCUT2D eigenvalue weighted by atomic mass is 79.9. The van der Waals surface area contributed by atoms with E-state index in [9.17, 15) is 8.42 Å². The van der Waals surface area contributed by atoms with Gasteiger partial charge in [0.05, 0.1) is 17.5 Å². The molecule has 0 amide bonds. The highest BCUT2D eigenvalue weighted by molar-refractivity contribution is 9.10. The molecule has 0 spiro atoms. The zero-order valence-electron chi connectivity index (χ0n) is 14.5. The Labute approximate surface area is 162 Å². The number of nitrogens with zero attached hydrogens (tertiary/aromatic N) is 2. The van der Waals surface area contributed by atoms with Gasteiger partial charge in [0.15, 0.2) is 0 Å². The summed E-state index contributed by atoms with van der Waals surface area (Å²) >= 11 is 3.60. The van der Waals surface area contributed by atoms with Crippen LogP contribution in [0, 0.1) is 5.92 Å². The molecule has 0 aromatic heterocycles. The summed E-state index contributed by atoms with van der Waals surface area (Å²) in [5.41, 5.74) is 0.991. The fourth-order valence-electron chi connectivity index (χ4n) is 3.96. The van der Waals surface area contributed by atoms with Gasteiger partial charge in [-0.2, -0.15) is 9.37 Å². The lowest BCUT2D eigenvalue weighted by atomic mass is 9.87. The van der Waals surface area contributed by atoms with Gasteiger partial charge in [-0.15, -0.1) is 0 Å². The van der Waals surface area contributed by atoms with Gasteiger partial charge in [-0.1, -0.05) is 52.3 Å². The molecule has 0 bridgehead atoms. The zero-order valence-corrected chi connectivity index (χ0v) is 16.9. The van der Waals surface area contributed by atoms with Crippen molar-refractivity contribution in [2.24, 2.45) is 5.92 Å². The second kappa shape index (κ2) is 7.05. The smallest absolute Gasteiger partial charge is 0.243 e. The molecule has 2 aromatic carbocycles. The van der Waals surface area contributed by atoms with Gasteiger partial charge in [-0.3, -0.25) is 4.84 Å². The summed E-state index contributed by atoms with van der Waals surface area (Å²) in [5.74, 6) is 0.178. The maximum absolute atomic E-state index is 13.4. The third kappa shape index (κ3) is 3.12. The molecular weight excluding hydrogens is 416 g/mol. The van der Waals surface area contributed by atoms with Crippen LogP contribution in [0.2, 0.25) is 0 Å². The minimum Gasteiger partial charge on any atom is -0.299 e. The van der Waals surface area contributed by atoms with Crippen molar-refractivity contribution in [3.8, 4) is 0 Å². The van der Waals surface area contributed by atoms with E-state index in [1.165, 1.54) is 0 Å². The highest BCUT2D eigenvalue weighted by Crippen LogP contribution is 2.43. The average Bonchev–Trinajstić information content (AvgIpc) is 3.02. The Balaban J connectivity index is 1.78. The molecule has 2 aliphatic heterocycles. The van der Waals surface area contributed by atoms with Crippen LogP contribution in [0.15, 0.2) is 64.0 Å². The quantitative estimate of drug-likeness (QED) is 0.738. The van der Waals surface area contributed by atoms with Crippen LogP contribution >= 0.6 is 15.9 Å². The molecule has 26 heavy (non-hydrogen) atoms.